The molecule has 1 aliphatic rings. The molecule has 1 fully saturated rings. The Hall–Kier alpha value is -2.70. The summed E-state index contributed by atoms with van der Waals surface area (Å²) in [7, 11) is 0. The van der Waals surface area contributed by atoms with E-state index in [-0.39, 0.29) is 23.8 Å². The summed E-state index contributed by atoms with van der Waals surface area (Å²) >= 11 is 0. The minimum absolute atomic E-state index is 0.0164. The fourth-order valence-corrected chi connectivity index (χ4v) is 3.15. The van der Waals surface area contributed by atoms with Gasteiger partial charge in [0, 0.05) is 6.42 Å². The number of aryl methyl sites for hydroxylation is 1. The third kappa shape index (κ3) is 3.59. The van der Waals surface area contributed by atoms with Crippen molar-refractivity contribution in [2.75, 3.05) is 0 Å². The molecule has 0 spiro atoms. The van der Waals surface area contributed by atoms with Gasteiger partial charge in [0.15, 0.2) is 5.82 Å². The molecular formula is C20H26N4O3. The Labute approximate surface area is 159 Å². The minimum atomic E-state index is -1.11. The number of aromatic nitrogens is 2. The van der Waals surface area contributed by atoms with Crippen LogP contribution in [0.1, 0.15) is 63.9 Å². The Morgan fingerprint density at radius 1 is 1.19 bits per heavy atom. The van der Waals surface area contributed by atoms with E-state index in [4.69, 9.17) is 4.52 Å². The average Bonchev–Trinajstić information content (AvgIpc) is 3.13. The monoisotopic (exact) mass is 370 g/mol. The molecule has 0 radical (unpaired) electrons. The first-order valence-corrected chi connectivity index (χ1v) is 9.21. The standard InChI is InChI=1S/C20H26N4O3/c1-6-7-15-21-16(27-23-15)12-24-17(25)20(5,22-18(24)26)14-10-8-13(9-11-14)19(2,3)4/h8-11H,6-7,12H2,1-5H3,(H,22,26). The van der Waals surface area contributed by atoms with Crippen molar-refractivity contribution in [1.29, 1.82) is 0 Å². The molecule has 2 aromatic rings. The van der Waals surface area contributed by atoms with Crippen LogP contribution in [0.3, 0.4) is 0 Å². The molecule has 1 aromatic heterocycles. The normalized spacial score (nSPS) is 20.3. The fraction of sp³-hybridized carbons (Fsp3) is 0.500. The molecule has 0 bridgehead atoms. The Morgan fingerprint density at radius 2 is 1.85 bits per heavy atom. The largest absolute Gasteiger partial charge is 0.337 e. The number of hydrogen-bond donors (Lipinski definition) is 1. The second kappa shape index (κ2) is 6.79. The van der Waals surface area contributed by atoms with Crippen LogP contribution in [0, 0.1) is 0 Å². The first-order valence-electron chi connectivity index (χ1n) is 9.21. The fourth-order valence-electron chi connectivity index (χ4n) is 3.15. The maximum absolute atomic E-state index is 13.0. The average molecular weight is 370 g/mol. The molecule has 1 N–H and O–H groups in total. The Bertz CT molecular complexity index is 851. The molecule has 3 rings (SSSR count). The van der Waals surface area contributed by atoms with Gasteiger partial charge in [0.05, 0.1) is 0 Å². The zero-order chi connectivity index (χ0) is 19.8. The molecular weight excluding hydrogens is 344 g/mol. The van der Waals surface area contributed by atoms with Crippen molar-refractivity contribution in [2.45, 2.75) is 65.0 Å². The van der Waals surface area contributed by atoms with Crippen molar-refractivity contribution in [3.63, 3.8) is 0 Å². The van der Waals surface area contributed by atoms with E-state index < -0.39 is 11.6 Å². The lowest BCUT2D eigenvalue weighted by atomic mass is 9.84. The summed E-state index contributed by atoms with van der Waals surface area (Å²) < 4.78 is 5.17. The van der Waals surface area contributed by atoms with E-state index >= 15 is 0 Å². The van der Waals surface area contributed by atoms with Crippen LogP contribution in [0.4, 0.5) is 4.79 Å². The maximum atomic E-state index is 13.0. The van der Waals surface area contributed by atoms with E-state index in [1.54, 1.807) is 6.92 Å². The number of benzene rings is 1. The van der Waals surface area contributed by atoms with Crippen molar-refractivity contribution >= 4 is 11.9 Å². The number of carbonyl (C=O) groups is 2. The molecule has 0 saturated carbocycles. The SMILES string of the molecule is CCCc1noc(CN2C(=O)NC(C)(c3ccc(C(C)(C)C)cc3)C2=O)n1. The first-order chi connectivity index (χ1) is 12.6. The number of urea groups is 1. The Balaban J connectivity index is 1.81. The van der Waals surface area contributed by atoms with Crippen molar-refractivity contribution in [1.82, 2.24) is 20.4 Å². The van der Waals surface area contributed by atoms with E-state index in [0.717, 1.165) is 22.4 Å². The van der Waals surface area contributed by atoms with Gasteiger partial charge in [-0.15, -0.1) is 0 Å². The number of rotatable bonds is 5. The van der Waals surface area contributed by atoms with Crippen LogP contribution < -0.4 is 5.32 Å². The van der Waals surface area contributed by atoms with Crippen molar-refractivity contribution in [3.8, 4) is 0 Å². The highest BCUT2D eigenvalue weighted by atomic mass is 16.5. The van der Waals surface area contributed by atoms with E-state index in [0.29, 0.717) is 12.2 Å². The molecule has 144 valence electrons. The van der Waals surface area contributed by atoms with E-state index in [1.807, 2.05) is 31.2 Å². The summed E-state index contributed by atoms with van der Waals surface area (Å²) in [6.45, 7) is 10.1. The lowest BCUT2D eigenvalue weighted by molar-refractivity contribution is -0.131. The van der Waals surface area contributed by atoms with Crippen molar-refractivity contribution in [3.05, 3.63) is 47.1 Å². The number of hydrogen-bond acceptors (Lipinski definition) is 5. The molecule has 1 atom stereocenters. The smallest absolute Gasteiger partial charge is 0.325 e. The predicted molar refractivity (Wildman–Crippen MR) is 99.9 cm³/mol. The molecule has 27 heavy (non-hydrogen) atoms. The number of nitrogens with zero attached hydrogens (tertiary/aromatic N) is 3. The second-order valence-corrected chi connectivity index (χ2v) is 8.13. The molecule has 2 heterocycles. The summed E-state index contributed by atoms with van der Waals surface area (Å²) in [6, 6.07) is 7.33. The molecule has 0 aliphatic carbocycles. The minimum Gasteiger partial charge on any atom is -0.337 e. The number of amides is 3. The summed E-state index contributed by atoms with van der Waals surface area (Å²) in [6.07, 6.45) is 1.59. The summed E-state index contributed by atoms with van der Waals surface area (Å²) in [5.74, 6) is 0.514. The van der Waals surface area contributed by atoms with Crippen LogP contribution in [-0.2, 0) is 28.7 Å². The molecule has 3 amide bonds. The molecule has 7 nitrogen and oxygen atoms in total. The van der Waals surface area contributed by atoms with Gasteiger partial charge in [-0.3, -0.25) is 9.69 Å². The van der Waals surface area contributed by atoms with Gasteiger partial charge in [-0.2, -0.15) is 4.98 Å². The van der Waals surface area contributed by atoms with E-state index in [2.05, 4.69) is 36.2 Å². The van der Waals surface area contributed by atoms with E-state index in [9.17, 15) is 9.59 Å². The first kappa shape index (κ1) is 19.1. The quantitative estimate of drug-likeness (QED) is 0.816. The Morgan fingerprint density at radius 3 is 2.44 bits per heavy atom. The van der Waals surface area contributed by atoms with Gasteiger partial charge in [0.1, 0.15) is 12.1 Å². The van der Waals surface area contributed by atoms with Crippen LogP contribution in [-0.4, -0.2) is 27.0 Å². The van der Waals surface area contributed by atoms with Crippen molar-refractivity contribution in [2.24, 2.45) is 0 Å². The molecule has 1 saturated heterocycles. The Kier molecular flexibility index (Phi) is 4.80. The van der Waals surface area contributed by atoms with Gasteiger partial charge in [-0.05, 0) is 29.9 Å². The van der Waals surface area contributed by atoms with Gasteiger partial charge in [0.25, 0.3) is 5.91 Å². The lowest BCUT2D eigenvalue weighted by Crippen LogP contribution is -2.40. The molecule has 1 aromatic carbocycles. The predicted octanol–water partition coefficient (Wildman–Crippen LogP) is 3.29. The zero-order valence-electron chi connectivity index (χ0n) is 16.5. The summed E-state index contributed by atoms with van der Waals surface area (Å²) in [4.78, 5) is 30.8. The van der Waals surface area contributed by atoms with Crippen LogP contribution in [0.5, 0.6) is 0 Å². The third-order valence-electron chi connectivity index (χ3n) is 4.88. The van der Waals surface area contributed by atoms with Gasteiger partial charge >= 0.3 is 6.03 Å². The second-order valence-electron chi connectivity index (χ2n) is 8.13. The van der Waals surface area contributed by atoms with Crippen molar-refractivity contribution < 1.29 is 14.1 Å². The van der Waals surface area contributed by atoms with Gasteiger partial charge in [0.2, 0.25) is 5.89 Å². The van der Waals surface area contributed by atoms with Gasteiger partial charge in [-0.25, -0.2) is 4.79 Å². The number of imide groups is 1. The lowest BCUT2D eigenvalue weighted by Gasteiger charge is -2.24. The third-order valence-corrected chi connectivity index (χ3v) is 4.88. The van der Waals surface area contributed by atoms with Crippen LogP contribution in [0.25, 0.3) is 0 Å². The molecule has 1 unspecified atom stereocenters. The van der Waals surface area contributed by atoms with Crippen LogP contribution in [0.15, 0.2) is 28.8 Å². The highest BCUT2D eigenvalue weighted by Crippen LogP contribution is 2.31. The van der Waals surface area contributed by atoms with Crippen LogP contribution in [0.2, 0.25) is 0 Å². The van der Waals surface area contributed by atoms with E-state index in [1.165, 1.54) is 0 Å². The highest BCUT2D eigenvalue weighted by molar-refractivity contribution is 6.07. The topological polar surface area (TPSA) is 88.3 Å². The summed E-state index contributed by atoms with van der Waals surface area (Å²) in [5, 5.41) is 6.67. The summed E-state index contributed by atoms with van der Waals surface area (Å²) in [5.41, 5.74) is 0.814. The zero-order valence-corrected chi connectivity index (χ0v) is 16.5. The molecule has 7 heteroatoms. The maximum Gasteiger partial charge on any atom is 0.325 e. The molecule has 1 aliphatic heterocycles. The number of carbonyl (C=O) groups excluding carboxylic acids is 2. The number of nitrogens with one attached hydrogen (secondary N) is 1. The van der Waals surface area contributed by atoms with Gasteiger partial charge in [-0.1, -0.05) is 57.1 Å². The highest BCUT2D eigenvalue weighted by Gasteiger charge is 2.49. The van der Waals surface area contributed by atoms with Crippen LogP contribution >= 0.6 is 0 Å². The van der Waals surface area contributed by atoms with Gasteiger partial charge < -0.3 is 9.84 Å².